The van der Waals surface area contributed by atoms with Crippen LogP contribution < -0.4 is 26.0 Å². The summed E-state index contributed by atoms with van der Waals surface area (Å²) < 4.78 is 6.00. The third-order valence-electron chi connectivity index (χ3n) is 9.89. The number of unbranched alkanes of at least 4 members (excludes halogenated alkanes) is 3. The molecule has 0 aliphatic carbocycles. The molecule has 5 aromatic carbocycles. The zero-order valence-electron chi connectivity index (χ0n) is 34.1. The molecule has 0 fully saturated rings. The van der Waals surface area contributed by atoms with Crippen LogP contribution in [0.5, 0.6) is 17.2 Å². The first-order valence-electron chi connectivity index (χ1n) is 19.5. The Kier molecular flexibility index (Phi) is 15.6. The second-order valence-electron chi connectivity index (χ2n) is 15.1. The highest BCUT2D eigenvalue weighted by Gasteiger charge is 2.43. The minimum atomic E-state index is -0.937. The van der Waals surface area contributed by atoms with Crippen LogP contribution in [-0.2, 0) is 15.0 Å². The molecule has 1 heterocycles. The van der Waals surface area contributed by atoms with Crippen LogP contribution >= 0.6 is 46.4 Å². The van der Waals surface area contributed by atoms with Crippen molar-refractivity contribution in [1.29, 1.82) is 0 Å². The van der Waals surface area contributed by atoms with Gasteiger partial charge < -0.3 is 36.2 Å². The van der Waals surface area contributed by atoms with Crippen LogP contribution in [0.4, 0.5) is 22.7 Å². The van der Waals surface area contributed by atoms with Crippen LogP contribution in [0.2, 0.25) is 20.1 Å². The van der Waals surface area contributed by atoms with Gasteiger partial charge in [0.05, 0.1) is 53.8 Å². The molecule has 1 atom stereocenters. The van der Waals surface area contributed by atoms with Gasteiger partial charge in [-0.1, -0.05) is 108 Å². The molecule has 1 aliphatic heterocycles. The summed E-state index contributed by atoms with van der Waals surface area (Å²) >= 11 is 25.0. The Morgan fingerprint density at radius 1 is 0.721 bits per heavy atom. The molecule has 1 aliphatic rings. The van der Waals surface area contributed by atoms with Crippen LogP contribution in [0, 0.1) is 13.8 Å². The van der Waals surface area contributed by atoms with E-state index in [1.54, 1.807) is 68.4 Å². The summed E-state index contributed by atoms with van der Waals surface area (Å²) in [6, 6.07) is 23.1. The van der Waals surface area contributed by atoms with Crippen LogP contribution in [0.15, 0.2) is 84.9 Å². The van der Waals surface area contributed by atoms with Crippen molar-refractivity contribution in [2.45, 2.75) is 78.2 Å². The molecule has 6 N–H and O–H groups in total. The molecule has 320 valence electrons. The number of halogens is 4. The lowest BCUT2D eigenvalue weighted by Gasteiger charge is -2.20. The first kappa shape index (κ1) is 46.6. The van der Waals surface area contributed by atoms with E-state index in [1.807, 2.05) is 26.0 Å². The summed E-state index contributed by atoms with van der Waals surface area (Å²) in [5, 5.41) is 32.8. The molecule has 11 nitrogen and oxygen atoms in total. The summed E-state index contributed by atoms with van der Waals surface area (Å²) in [4.78, 5) is 50.3. The molecule has 15 heteroatoms. The molecule has 0 saturated heterocycles. The first-order chi connectivity index (χ1) is 28.9. The number of aromatic hydroxyl groups is 2. The lowest BCUT2D eigenvalue weighted by atomic mass is 9.85. The number of anilines is 4. The van der Waals surface area contributed by atoms with Crippen LogP contribution in [0.1, 0.15) is 90.3 Å². The van der Waals surface area contributed by atoms with E-state index >= 15 is 0 Å². The first-order valence-corrected chi connectivity index (χ1v) is 21.0. The zero-order valence-corrected chi connectivity index (χ0v) is 37.2. The van der Waals surface area contributed by atoms with Crippen molar-refractivity contribution in [3.63, 3.8) is 0 Å². The van der Waals surface area contributed by atoms with E-state index in [4.69, 9.17) is 51.1 Å². The smallest absolute Gasteiger partial charge is 0.265 e. The number of rotatable bonds is 13. The number of benzene rings is 5. The Hall–Kier alpha value is -5.46. The Bertz CT molecular complexity index is 2480. The normalized spacial score (nSPS) is 12.9. The maximum atomic E-state index is 13.2. The monoisotopic (exact) mass is 906 g/mol. The van der Waals surface area contributed by atoms with Gasteiger partial charge in [0, 0.05) is 17.2 Å². The number of nitrogens with one attached hydrogen (secondary N) is 4. The number of aryl methyl sites for hydroxylation is 2. The minimum absolute atomic E-state index is 0.0757. The van der Waals surface area contributed by atoms with Gasteiger partial charge >= 0.3 is 0 Å². The van der Waals surface area contributed by atoms with Gasteiger partial charge in [-0.25, -0.2) is 0 Å². The van der Waals surface area contributed by atoms with Crippen LogP contribution in [0.3, 0.4) is 0 Å². The fourth-order valence-corrected chi connectivity index (χ4v) is 7.45. The largest absolute Gasteiger partial charge is 0.506 e. The number of amides is 4. The van der Waals surface area contributed by atoms with Crippen molar-refractivity contribution in [1.82, 2.24) is 0 Å². The van der Waals surface area contributed by atoms with E-state index in [0.29, 0.717) is 34.0 Å². The molecule has 0 bridgehead atoms. The van der Waals surface area contributed by atoms with Crippen molar-refractivity contribution in [3.05, 3.63) is 133 Å². The Labute approximate surface area is 374 Å². The predicted octanol–water partition coefficient (Wildman–Crippen LogP) is 12.1. The van der Waals surface area contributed by atoms with E-state index in [-0.39, 0.29) is 61.0 Å². The summed E-state index contributed by atoms with van der Waals surface area (Å²) in [6.45, 7) is 9.30. The zero-order chi connectivity index (χ0) is 44.6. The molecule has 1 unspecified atom stereocenters. The molecule has 61 heavy (non-hydrogen) atoms. The maximum absolute atomic E-state index is 13.2. The van der Waals surface area contributed by atoms with Gasteiger partial charge in [0.15, 0.2) is 6.10 Å². The summed E-state index contributed by atoms with van der Waals surface area (Å²) in [5.41, 5.74) is 2.91. The maximum Gasteiger partial charge on any atom is 0.265 e. The number of hydrogen-bond acceptors (Lipinski definition) is 7. The highest BCUT2D eigenvalue weighted by atomic mass is 35.5. The van der Waals surface area contributed by atoms with E-state index in [2.05, 4.69) is 28.2 Å². The number of phenolic OH excluding ortho intramolecular Hbond substituents is 2. The number of carbonyl (C=O) groups is 4. The average molecular weight is 909 g/mol. The molecule has 0 saturated carbocycles. The molecule has 0 aromatic heterocycles. The lowest BCUT2D eigenvalue weighted by molar-refractivity contribution is -0.123. The van der Waals surface area contributed by atoms with Gasteiger partial charge in [-0.05, 0) is 94.6 Å². The Balaban J connectivity index is 0.000000252. The summed E-state index contributed by atoms with van der Waals surface area (Å²) in [5.74, 6) is -1.57. The number of carbonyl (C=O) groups excluding carboxylic acids is 4. The molecule has 6 rings (SSSR count). The lowest BCUT2D eigenvalue weighted by Crippen LogP contribution is -2.33. The average Bonchev–Trinajstić information content (AvgIpc) is 3.45. The Morgan fingerprint density at radius 2 is 1.41 bits per heavy atom. The van der Waals surface area contributed by atoms with Gasteiger partial charge in [-0.2, -0.15) is 0 Å². The quantitative estimate of drug-likeness (QED) is 0.0505. The van der Waals surface area contributed by atoms with Gasteiger partial charge in [-0.15, -0.1) is 0 Å². The molecular weight excluding hydrogens is 862 g/mol. The van der Waals surface area contributed by atoms with E-state index in [1.165, 1.54) is 18.2 Å². The molecular formula is C46H46Cl4N4O7. The van der Waals surface area contributed by atoms with E-state index in [0.717, 1.165) is 36.8 Å². The van der Waals surface area contributed by atoms with Gasteiger partial charge in [0.25, 0.3) is 17.7 Å². The fraction of sp³-hybridized carbons (Fsp3) is 0.261. The summed E-state index contributed by atoms with van der Waals surface area (Å²) in [7, 11) is 0. The Morgan fingerprint density at radius 3 is 2.10 bits per heavy atom. The van der Waals surface area contributed by atoms with Crippen LogP contribution in [0.25, 0.3) is 0 Å². The highest BCUT2D eigenvalue weighted by molar-refractivity contribution is 6.36. The van der Waals surface area contributed by atoms with Crippen molar-refractivity contribution in [2.75, 3.05) is 21.3 Å². The second kappa shape index (κ2) is 20.4. The van der Waals surface area contributed by atoms with Crippen molar-refractivity contribution < 1.29 is 34.1 Å². The molecule has 5 aromatic rings. The minimum Gasteiger partial charge on any atom is -0.506 e. The van der Waals surface area contributed by atoms with Gasteiger partial charge in [-0.3, -0.25) is 19.2 Å². The van der Waals surface area contributed by atoms with Gasteiger partial charge in [0.1, 0.15) is 17.2 Å². The third-order valence-corrected chi connectivity index (χ3v) is 11.1. The molecule has 4 amide bonds. The standard InChI is InChI=1S/C28H29Cl3N2O4.C18H17ClN2O3/c1-3-4-5-6-11-26(37-25-13-12-17(2)14-21(25)31)28(36)32-22-16-24(34)23(15-20(22)30)33-27(35)18-9-7-8-10-19(18)29;1-9-5-4-6-10(7-9)16(23)20-12-8-11(19)14-13(15(12)22)18(2,3)17(24)21-14/h7-10,12-16,26,34H,3-6,11H2,1-2H3,(H,32,36)(H,33,35);4-8,22H,1-3H3,(H,20,23)(H,21,24). The van der Waals surface area contributed by atoms with E-state index < -0.39 is 23.3 Å². The molecule has 0 spiro atoms. The molecule has 0 radical (unpaired) electrons. The topological polar surface area (TPSA) is 166 Å². The van der Waals surface area contributed by atoms with Crippen molar-refractivity contribution in [3.8, 4) is 17.2 Å². The van der Waals surface area contributed by atoms with Crippen molar-refractivity contribution >= 4 is 92.8 Å². The van der Waals surface area contributed by atoms with Gasteiger partial charge in [0.2, 0.25) is 5.91 Å². The predicted molar refractivity (Wildman–Crippen MR) is 244 cm³/mol. The fourth-order valence-electron chi connectivity index (χ4n) is 6.49. The second-order valence-corrected chi connectivity index (χ2v) is 16.7. The number of phenols is 2. The van der Waals surface area contributed by atoms with Crippen LogP contribution in [-0.4, -0.2) is 39.9 Å². The number of hydrogen-bond donors (Lipinski definition) is 6. The number of fused-ring (bicyclic) bond motifs is 1. The van der Waals surface area contributed by atoms with E-state index in [9.17, 15) is 29.4 Å². The SMILES string of the molecule is CCCCCCC(Oc1ccc(C)cc1Cl)C(=O)Nc1cc(O)c(NC(=O)c2ccccc2Cl)cc1Cl.Cc1cccc(C(=O)Nc2cc(Cl)c3c(c2O)C(C)(C)C(=O)N3)c1. The van der Waals surface area contributed by atoms with Crippen molar-refractivity contribution in [2.24, 2.45) is 0 Å². The third kappa shape index (κ3) is 11.5. The highest BCUT2D eigenvalue weighted by Crippen LogP contribution is 2.50. The number of ether oxygens (including phenoxy) is 1. The summed E-state index contributed by atoms with van der Waals surface area (Å²) in [6.07, 6.45) is 3.53.